The number of thiazole rings is 1. The molecule has 0 spiro atoms. The van der Waals surface area contributed by atoms with E-state index in [0.29, 0.717) is 28.0 Å². The molecule has 0 unspecified atom stereocenters. The Morgan fingerprint density at radius 2 is 1.84 bits per heavy atom. The SMILES string of the molecule is O=C(COc1ccc(C2CCCCC2)cc1)Nc1cccc(C(=O)Nc2nccs2)c1. The summed E-state index contributed by atoms with van der Waals surface area (Å²) >= 11 is 1.34. The molecule has 6 nitrogen and oxygen atoms in total. The molecule has 1 fully saturated rings. The fourth-order valence-corrected chi connectivity index (χ4v) is 4.33. The van der Waals surface area contributed by atoms with Gasteiger partial charge in [0.2, 0.25) is 0 Å². The molecule has 0 aliphatic heterocycles. The normalized spacial score (nSPS) is 14.1. The quantitative estimate of drug-likeness (QED) is 0.516. The number of carbonyl (C=O) groups excluding carboxylic acids is 2. The smallest absolute Gasteiger partial charge is 0.262 e. The zero-order valence-electron chi connectivity index (χ0n) is 17.2. The summed E-state index contributed by atoms with van der Waals surface area (Å²) in [7, 11) is 0. The molecule has 0 atom stereocenters. The molecule has 1 saturated carbocycles. The van der Waals surface area contributed by atoms with Crippen LogP contribution in [-0.2, 0) is 4.79 Å². The maximum atomic E-state index is 12.3. The number of nitrogens with zero attached hydrogens (tertiary/aromatic N) is 1. The third kappa shape index (κ3) is 5.92. The number of nitrogens with one attached hydrogen (secondary N) is 2. The van der Waals surface area contributed by atoms with E-state index in [4.69, 9.17) is 4.74 Å². The van der Waals surface area contributed by atoms with Crippen molar-refractivity contribution >= 4 is 34.0 Å². The van der Waals surface area contributed by atoms with Crippen LogP contribution in [0.3, 0.4) is 0 Å². The van der Waals surface area contributed by atoms with E-state index in [0.717, 1.165) is 0 Å². The highest BCUT2D eigenvalue weighted by molar-refractivity contribution is 7.13. The summed E-state index contributed by atoms with van der Waals surface area (Å²) in [5.41, 5.74) is 2.32. The highest BCUT2D eigenvalue weighted by Crippen LogP contribution is 2.33. The Bertz CT molecular complexity index is 1010. The number of hydrogen-bond donors (Lipinski definition) is 2. The van der Waals surface area contributed by atoms with Gasteiger partial charge >= 0.3 is 0 Å². The Hall–Kier alpha value is -3.19. The van der Waals surface area contributed by atoms with E-state index in [1.165, 1.54) is 49.0 Å². The van der Waals surface area contributed by atoms with Crippen molar-refractivity contribution in [3.63, 3.8) is 0 Å². The van der Waals surface area contributed by atoms with Crippen molar-refractivity contribution in [1.29, 1.82) is 0 Å². The first-order valence-electron chi connectivity index (χ1n) is 10.5. The van der Waals surface area contributed by atoms with E-state index >= 15 is 0 Å². The first-order valence-corrected chi connectivity index (χ1v) is 11.4. The van der Waals surface area contributed by atoms with Crippen LogP contribution in [0.4, 0.5) is 10.8 Å². The van der Waals surface area contributed by atoms with Gasteiger partial charge < -0.3 is 10.1 Å². The molecule has 2 amide bonds. The molecular formula is C24H25N3O3S. The third-order valence-corrected chi connectivity index (χ3v) is 6.08. The van der Waals surface area contributed by atoms with Crippen molar-refractivity contribution in [2.75, 3.05) is 17.2 Å². The number of carbonyl (C=O) groups is 2. The van der Waals surface area contributed by atoms with Gasteiger partial charge in [-0.15, -0.1) is 11.3 Å². The predicted molar refractivity (Wildman–Crippen MR) is 123 cm³/mol. The standard InChI is InChI=1S/C24H25N3O3S/c28-22(16-30-21-11-9-18(10-12-21)17-5-2-1-3-6-17)26-20-8-4-7-19(15-20)23(29)27-24-25-13-14-31-24/h4,7-15,17H,1-3,5-6,16H2,(H,26,28)(H,25,27,29). The van der Waals surface area contributed by atoms with Gasteiger partial charge in [0.25, 0.3) is 11.8 Å². The molecule has 3 aromatic rings. The second kappa shape index (κ2) is 10.2. The lowest BCUT2D eigenvalue weighted by molar-refractivity contribution is -0.118. The van der Waals surface area contributed by atoms with Gasteiger partial charge in [-0.3, -0.25) is 14.9 Å². The van der Waals surface area contributed by atoms with E-state index in [1.54, 1.807) is 35.8 Å². The lowest BCUT2D eigenvalue weighted by Gasteiger charge is -2.22. The second-order valence-corrected chi connectivity index (χ2v) is 8.51. The van der Waals surface area contributed by atoms with Crippen LogP contribution in [0.2, 0.25) is 0 Å². The minimum Gasteiger partial charge on any atom is -0.484 e. The van der Waals surface area contributed by atoms with Crippen molar-refractivity contribution in [2.24, 2.45) is 0 Å². The summed E-state index contributed by atoms with van der Waals surface area (Å²) in [6.07, 6.45) is 8.08. The summed E-state index contributed by atoms with van der Waals surface area (Å²) in [6, 6.07) is 14.8. The summed E-state index contributed by atoms with van der Waals surface area (Å²) < 4.78 is 5.63. The predicted octanol–water partition coefficient (Wildman–Crippen LogP) is 5.46. The van der Waals surface area contributed by atoms with Crippen molar-refractivity contribution in [3.8, 4) is 5.75 Å². The van der Waals surface area contributed by atoms with Crippen LogP contribution in [0.25, 0.3) is 0 Å². The first-order chi connectivity index (χ1) is 15.2. The van der Waals surface area contributed by atoms with Gasteiger partial charge in [0.15, 0.2) is 11.7 Å². The molecule has 2 aromatic carbocycles. The second-order valence-electron chi connectivity index (χ2n) is 7.61. The molecule has 4 rings (SSSR count). The number of rotatable bonds is 7. The molecule has 1 heterocycles. The van der Waals surface area contributed by atoms with Crippen molar-refractivity contribution in [3.05, 3.63) is 71.2 Å². The van der Waals surface area contributed by atoms with E-state index in [2.05, 4.69) is 27.8 Å². The van der Waals surface area contributed by atoms with Crippen LogP contribution in [-0.4, -0.2) is 23.4 Å². The minimum atomic E-state index is -0.283. The summed E-state index contributed by atoms with van der Waals surface area (Å²) in [5, 5.41) is 7.81. The molecule has 31 heavy (non-hydrogen) atoms. The molecule has 0 saturated heterocycles. The number of aromatic nitrogens is 1. The molecule has 1 aromatic heterocycles. The van der Waals surface area contributed by atoms with Gasteiger partial charge in [0.1, 0.15) is 5.75 Å². The molecular weight excluding hydrogens is 410 g/mol. The lowest BCUT2D eigenvalue weighted by atomic mass is 9.84. The van der Waals surface area contributed by atoms with Crippen molar-refractivity contribution in [1.82, 2.24) is 4.98 Å². The highest BCUT2D eigenvalue weighted by Gasteiger charge is 2.15. The summed E-state index contributed by atoms with van der Waals surface area (Å²) in [5.74, 6) is 0.756. The average molecular weight is 436 g/mol. The number of ether oxygens (including phenoxy) is 1. The summed E-state index contributed by atoms with van der Waals surface area (Å²) in [6.45, 7) is -0.0989. The summed E-state index contributed by atoms with van der Waals surface area (Å²) in [4.78, 5) is 28.7. The van der Waals surface area contributed by atoms with E-state index < -0.39 is 0 Å². The number of benzene rings is 2. The van der Waals surface area contributed by atoms with Crippen LogP contribution in [0.1, 0.15) is 53.9 Å². The van der Waals surface area contributed by atoms with Gasteiger partial charge in [0.05, 0.1) is 0 Å². The molecule has 7 heteroatoms. The monoisotopic (exact) mass is 435 g/mol. The van der Waals surface area contributed by atoms with Crippen molar-refractivity contribution < 1.29 is 14.3 Å². The zero-order chi connectivity index (χ0) is 21.5. The topological polar surface area (TPSA) is 80.3 Å². The largest absolute Gasteiger partial charge is 0.484 e. The minimum absolute atomic E-state index is 0.0989. The van der Waals surface area contributed by atoms with Crippen LogP contribution in [0.5, 0.6) is 5.75 Å². The highest BCUT2D eigenvalue weighted by atomic mass is 32.1. The molecule has 0 bridgehead atoms. The van der Waals surface area contributed by atoms with Crippen LogP contribution < -0.4 is 15.4 Å². The lowest BCUT2D eigenvalue weighted by Crippen LogP contribution is -2.20. The fraction of sp³-hybridized carbons (Fsp3) is 0.292. The van der Waals surface area contributed by atoms with Crippen molar-refractivity contribution in [2.45, 2.75) is 38.0 Å². The van der Waals surface area contributed by atoms with Gasteiger partial charge in [0, 0.05) is 22.8 Å². The molecule has 160 valence electrons. The Morgan fingerprint density at radius 3 is 2.58 bits per heavy atom. The average Bonchev–Trinajstić information content (AvgIpc) is 3.32. The number of hydrogen-bond acceptors (Lipinski definition) is 5. The Morgan fingerprint density at radius 1 is 1.03 bits per heavy atom. The Kier molecular flexibility index (Phi) is 6.94. The maximum absolute atomic E-state index is 12.3. The van der Waals surface area contributed by atoms with Gasteiger partial charge in [-0.2, -0.15) is 0 Å². The van der Waals surface area contributed by atoms with Crippen LogP contribution in [0.15, 0.2) is 60.1 Å². The molecule has 0 radical (unpaired) electrons. The van der Waals surface area contributed by atoms with E-state index in [-0.39, 0.29) is 18.4 Å². The van der Waals surface area contributed by atoms with E-state index in [1.807, 2.05) is 12.1 Å². The van der Waals surface area contributed by atoms with E-state index in [9.17, 15) is 9.59 Å². The fourth-order valence-electron chi connectivity index (χ4n) is 3.81. The van der Waals surface area contributed by atoms with Crippen LogP contribution in [0, 0.1) is 0 Å². The zero-order valence-corrected chi connectivity index (χ0v) is 18.0. The maximum Gasteiger partial charge on any atom is 0.262 e. The Labute approximate surface area is 185 Å². The molecule has 1 aliphatic rings. The van der Waals surface area contributed by atoms with Gasteiger partial charge in [-0.25, -0.2) is 4.98 Å². The Balaban J connectivity index is 1.28. The molecule has 1 aliphatic carbocycles. The first kappa shape index (κ1) is 21.1. The van der Waals surface area contributed by atoms with Gasteiger partial charge in [-0.1, -0.05) is 37.5 Å². The third-order valence-electron chi connectivity index (χ3n) is 5.39. The van der Waals surface area contributed by atoms with Crippen LogP contribution >= 0.6 is 11.3 Å². The number of amides is 2. The molecule has 2 N–H and O–H groups in total. The van der Waals surface area contributed by atoms with Gasteiger partial charge in [-0.05, 0) is 54.7 Å². The number of anilines is 2.